The molecule has 35 heavy (non-hydrogen) atoms. The quantitative estimate of drug-likeness (QED) is 0.508. The minimum Gasteiger partial charge on any atom is -0.352 e. The Balaban J connectivity index is 1.51. The van der Waals surface area contributed by atoms with E-state index >= 15 is 0 Å². The zero-order valence-electron chi connectivity index (χ0n) is 19.9. The maximum Gasteiger partial charge on any atom is 0.416 e. The smallest absolute Gasteiger partial charge is 0.352 e. The van der Waals surface area contributed by atoms with Crippen molar-refractivity contribution in [1.82, 2.24) is 10.2 Å². The number of hydrogen-bond acceptors (Lipinski definition) is 4. The Kier molecular flexibility index (Phi) is 9.18. The van der Waals surface area contributed by atoms with Gasteiger partial charge in [0.25, 0.3) is 0 Å². The lowest BCUT2D eigenvalue weighted by molar-refractivity contribution is -0.137. The summed E-state index contributed by atoms with van der Waals surface area (Å²) in [5.74, 6) is -0.246. The zero-order valence-corrected chi connectivity index (χ0v) is 20.7. The lowest BCUT2D eigenvalue weighted by atomic mass is 10.1. The summed E-state index contributed by atoms with van der Waals surface area (Å²) in [6.45, 7) is 3.35. The molecule has 0 unspecified atom stereocenters. The van der Waals surface area contributed by atoms with Crippen LogP contribution in [0, 0.1) is 0 Å². The molecule has 0 saturated carbocycles. The highest BCUT2D eigenvalue weighted by atomic mass is 32.2. The van der Waals surface area contributed by atoms with Gasteiger partial charge in [0.1, 0.15) is 0 Å². The van der Waals surface area contributed by atoms with E-state index < -0.39 is 21.8 Å². The molecule has 1 N–H and O–H groups in total. The standard InChI is InChI=1S/C25H32F3N3O3S/c1-35(33,34)31(23-11-6-10-22(17-23)25(26,27)28)15-7-12-24(32)29-18-20-8-5-9-21(16-20)19-30-13-3-2-4-14-30/h5-6,8-11,16-17H,2-4,7,12-15,18-19H2,1H3,(H,29,32). The van der Waals surface area contributed by atoms with Crippen LogP contribution in [0.5, 0.6) is 0 Å². The lowest BCUT2D eigenvalue weighted by Gasteiger charge is -2.26. The molecule has 192 valence electrons. The molecular formula is C25H32F3N3O3S. The van der Waals surface area contributed by atoms with Crippen LogP contribution in [0.1, 0.15) is 48.8 Å². The summed E-state index contributed by atoms with van der Waals surface area (Å²) < 4.78 is 64.4. The summed E-state index contributed by atoms with van der Waals surface area (Å²) in [6.07, 6.45) is 0.308. The first-order valence-corrected chi connectivity index (χ1v) is 13.6. The fourth-order valence-corrected chi connectivity index (χ4v) is 5.17. The van der Waals surface area contributed by atoms with Crippen molar-refractivity contribution >= 4 is 21.6 Å². The Morgan fingerprint density at radius 3 is 2.40 bits per heavy atom. The summed E-state index contributed by atoms with van der Waals surface area (Å²) in [7, 11) is -3.82. The van der Waals surface area contributed by atoms with Gasteiger partial charge in [-0.2, -0.15) is 13.2 Å². The molecule has 1 amide bonds. The highest BCUT2D eigenvalue weighted by Gasteiger charge is 2.31. The number of nitrogens with zero attached hydrogens (tertiary/aromatic N) is 2. The van der Waals surface area contributed by atoms with Crippen molar-refractivity contribution in [3.63, 3.8) is 0 Å². The molecule has 0 radical (unpaired) electrons. The van der Waals surface area contributed by atoms with Gasteiger partial charge >= 0.3 is 6.18 Å². The largest absolute Gasteiger partial charge is 0.416 e. The van der Waals surface area contributed by atoms with Crippen molar-refractivity contribution in [3.05, 3.63) is 65.2 Å². The van der Waals surface area contributed by atoms with Gasteiger partial charge in [0.05, 0.1) is 17.5 Å². The van der Waals surface area contributed by atoms with E-state index in [2.05, 4.69) is 22.3 Å². The van der Waals surface area contributed by atoms with Crippen molar-refractivity contribution in [3.8, 4) is 0 Å². The molecule has 1 aliphatic heterocycles. The van der Waals surface area contributed by atoms with Gasteiger partial charge < -0.3 is 5.32 Å². The molecule has 0 aromatic heterocycles. The minimum absolute atomic E-state index is 0.0540. The van der Waals surface area contributed by atoms with Crippen molar-refractivity contribution in [2.45, 2.75) is 51.4 Å². The van der Waals surface area contributed by atoms with Crippen LogP contribution in [-0.4, -0.2) is 45.1 Å². The lowest BCUT2D eigenvalue weighted by Crippen LogP contribution is -2.32. The molecule has 1 aliphatic rings. The van der Waals surface area contributed by atoms with Crippen LogP contribution in [0.15, 0.2) is 48.5 Å². The first kappa shape index (κ1) is 27.0. The molecule has 0 atom stereocenters. The Bertz CT molecular complexity index is 1100. The van der Waals surface area contributed by atoms with Crippen LogP contribution in [0.4, 0.5) is 18.9 Å². The maximum atomic E-state index is 13.0. The van der Waals surface area contributed by atoms with Crippen LogP contribution >= 0.6 is 0 Å². The Morgan fingerprint density at radius 2 is 1.71 bits per heavy atom. The molecule has 0 spiro atoms. The Labute approximate surface area is 205 Å². The predicted molar refractivity (Wildman–Crippen MR) is 130 cm³/mol. The number of amides is 1. The number of sulfonamides is 1. The molecule has 1 heterocycles. The number of nitrogens with one attached hydrogen (secondary N) is 1. The first-order chi connectivity index (χ1) is 16.5. The number of benzene rings is 2. The topological polar surface area (TPSA) is 69.7 Å². The van der Waals surface area contributed by atoms with Gasteiger partial charge in [-0.05, 0) is 61.7 Å². The number of piperidine rings is 1. The van der Waals surface area contributed by atoms with Crippen LogP contribution < -0.4 is 9.62 Å². The minimum atomic E-state index is -4.58. The van der Waals surface area contributed by atoms with Crippen molar-refractivity contribution in [2.75, 3.05) is 30.2 Å². The van der Waals surface area contributed by atoms with E-state index in [-0.39, 0.29) is 31.0 Å². The van der Waals surface area contributed by atoms with Gasteiger partial charge in [0.15, 0.2) is 0 Å². The maximum absolute atomic E-state index is 13.0. The normalized spacial score (nSPS) is 15.1. The number of anilines is 1. The fraction of sp³-hybridized carbons (Fsp3) is 0.480. The van der Waals surface area contributed by atoms with Gasteiger partial charge in [-0.15, -0.1) is 0 Å². The van der Waals surface area contributed by atoms with Gasteiger partial charge in [-0.25, -0.2) is 8.42 Å². The SMILES string of the molecule is CS(=O)(=O)N(CCCC(=O)NCc1cccc(CN2CCCCC2)c1)c1cccc(C(F)(F)F)c1. The molecule has 10 heteroatoms. The van der Waals surface area contributed by atoms with Crippen LogP contribution in [0.3, 0.4) is 0 Å². The second kappa shape index (κ2) is 11.9. The summed E-state index contributed by atoms with van der Waals surface area (Å²) in [5.41, 5.74) is 1.18. The zero-order chi connectivity index (χ0) is 25.5. The highest BCUT2D eigenvalue weighted by Crippen LogP contribution is 2.32. The van der Waals surface area contributed by atoms with Gasteiger partial charge in [-0.1, -0.05) is 36.8 Å². The molecular weight excluding hydrogens is 479 g/mol. The summed E-state index contributed by atoms with van der Waals surface area (Å²) >= 11 is 0. The summed E-state index contributed by atoms with van der Waals surface area (Å²) in [4.78, 5) is 14.8. The third-order valence-electron chi connectivity index (χ3n) is 5.96. The van der Waals surface area contributed by atoms with E-state index in [0.29, 0.717) is 6.54 Å². The molecule has 3 rings (SSSR count). The molecule has 0 aliphatic carbocycles. The predicted octanol–water partition coefficient (Wildman–Crippen LogP) is 4.55. The van der Waals surface area contributed by atoms with Crippen LogP contribution in [-0.2, 0) is 34.1 Å². The third kappa shape index (κ3) is 8.54. The fourth-order valence-electron chi connectivity index (χ4n) is 4.21. The molecule has 2 aromatic rings. The van der Waals surface area contributed by atoms with E-state index in [1.807, 2.05) is 12.1 Å². The van der Waals surface area contributed by atoms with Crippen molar-refractivity contribution < 1.29 is 26.4 Å². The van der Waals surface area contributed by atoms with Crippen molar-refractivity contribution in [1.29, 1.82) is 0 Å². The number of carbonyl (C=O) groups excluding carboxylic acids is 1. The first-order valence-electron chi connectivity index (χ1n) is 11.7. The van der Waals surface area contributed by atoms with E-state index in [1.165, 1.54) is 37.0 Å². The summed E-state index contributed by atoms with van der Waals surface area (Å²) in [5, 5.41) is 2.84. The third-order valence-corrected chi connectivity index (χ3v) is 7.16. The number of halogens is 3. The molecule has 1 saturated heterocycles. The van der Waals surface area contributed by atoms with E-state index in [1.54, 1.807) is 0 Å². The molecule has 0 bridgehead atoms. The number of likely N-dealkylation sites (tertiary alicyclic amines) is 1. The van der Waals surface area contributed by atoms with Crippen molar-refractivity contribution in [2.24, 2.45) is 0 Å². The number of carbonyl (C=O) groups is 1. The van der Waals surface area contributed by atoms with Crippen LogP contribution in [0.25, 0.3) is 0 Å². The van der Waals surface area contributed by atoms with Gasteiger partial charge in [0, 0.05) is 26.1 Å². The number of hydrogen-bond donors (Lipinski definition) is 1. The average molecular weight is 512 g/mol. The van der Waals surface area contributed by atoms with E-state index in [9.17, 15) is 26.4 Å². The summed E-state index contributed by atoms with van der Waals surface area (Å²) in [6, 6.07) is 12.2. The second-order valence-corrected chi connectivity index (χ2v) is 10.8. The molecule has 1 fully saturated rings. The number of rotatable bonds is 10. The van der Waals surface area contributed by atoms with Gasteiger partial charge in [-0.3, -0.25) is 14.0 Å². The molecule has 2 aromatic carbocycles. The van der Waals surface area contributed by atoms with E-state index in [4.69, 9.17) is 0 Å². The number of alkyl halides is 3. The molecule has 6 nitrogen and oxygen atoms in total. The van der Waals surface area contributed by atoms with Gasteiger partial charge in [0.2, 0.25) is 15.9 Å². The van der Waals surface area contributed by atoms with Crippen LogP contribution in [0.2, 0.25) is 0 Å². The Morgan fingerprint density at radius 1 is 1.03 bits per heavy atom. The average Bonchev–Trinajstić information content (AvgIpc) is 2.80. The highest BCUT2D eigenvalue weighted by molar-refractivity contribution is 7.92. The Hall–Kier alpha value is -2.59. The van der Waals surface area contributed by atoms with E-state index in [0.717, 1.165) is 47.9 Å². The second-order valence-electron chi connectivity index (χ2n) is 8.92. The monoisotopic (exact) mass is 511 g/mol.